The largest absolute Gasteiger partial charge is 0.381 e. The minimum absolute atomic E-state index is 0. The molecule has 0 spiro atoms. The second-order valence-electron chi connectivity index (χ2n) is 7.95. The molecule has 3 aliphatic heterocycles. The third-order valence-corrected chi connectivity index (χ3v) is 5.33. The Morgan fingerprint density at radius 1 is 1.20 bits per heavy atom. The Kier molecular flexibility index (Phi) is 8.71. The summed E-state index contributed by atoms with van der Waals surface area (Å²) in [5.41, 5.74) is 0.231. The van der Waals surface area contributed by atoms with Crippen molar-refractivity contribution < 1.29 is 9.47 Å². The van der Waals surface area contributed by atoms with Crippen LogP contribution in [0.5, 0.6) is 0 Å². The van der Waals surface area contributed by atoms with Crippen molar-refractivity contribution in [3.05, 3.63) is 0 Å². The summed E-state index contributed by atoms with van der Waals surface area (Å²) in [5.74, 6) is 1.71. The van der Waals surface area contributed by atoms with E-state index in [2.05, 4.69) is 29.4 Å². The van der Waals surface area contributed by atoms with Crippen LogP contribution in [-0.4, -0.2) is 76.1 Å². The predicted molar refractivity (Wildman–Crippen MR) is 112 cm³/mol. The summed E-state index contributed by atoms with van der Waals surface area (Å²) in [5, 5.41) is 7.03. The molecule has 6 nitrogen and oxygen atoms in total. The topological polar surface area (TPSA) is 58.1 Å². The molecule has 0 aromatic heterocycles. The molecule has 3 aliphatic rings. The average Bonchev–Trinajstić information content (AvgIpc) is 3.06. The van der Waals surface area contributed by atoms with E-state index >= 15 is 0 Å². The van der Waals surface area contributed by atoms with Gasteiger partial charge < -0.3 is 25.0 Å². The highest BCUT2D eigenvalue weighted by molar-refractivity contribution is 14.0. The van der Waals surface area contributed by atoms with E-state index in [0.29, 0.717) is 6.04 Å². The number of rotatable bonds is 6. The van der Waals surface area contributed by atoms with Crippen LogP contribution in [-0.2, 0) is 9.47 Å². The van der Waals surface area contributed by atoms with E-state index in [-0.39, 0.29) is 29.4 Å². The van der Waals surface area contributed by atoms with Gasteiger partial charge in [0.15, 0.2) is 5.96 Å². The molecule has 0 aliphatic carbocycles. The summed E-state index contributed by atoms with van der Waals surface area (Å²) in [6, 6.07) is 0.532. The van der Waals surface area contributed by atoms with Gasteiger partial charge in [-0.1, -0.05) is 6.92 Å². The minimum Gasteiger partial charge on any atom is -0.381 e. The van der Waals surface area contributed by atoms with Crippen LogP contribution >= 0.6 is 24.0 Å². The Morgan fingerprint density at radius 2 is 1.96 bits per heavy atom. The van der Waals surface area contributed by atoms with Gasteiger partial charge in [0, 0.05) is 44.2 Å². The maximum Gasteiger partial charge on any atom is 0.191 e. The van der Waals surface area contributed by atoms with Gasteiger partial charge in [0.05, 0.1) is 26.4 Å². The van der Waals surface area contributed by atoms with Crippen molar-refractivity contribution in [3.63, 3.8) is 0 Å². The molecule has 1 atom stereocenters. The number of nitrogens with zero attached hydrogens (tertiary/aromatic N) is 2. The van der Waals surface area contributed by atoms with Crippen LogP contribution in [0.25, 0.3) is 0 Å². The zero-order chi connectivity index (χ0) is 16.8. The second-order valence-corrected chi connectivity index (χ2v) is 7.95. The highest BCUT2D eigenvalue weighted by Gasteiger charge is 2.33. The average molecular weight is 466 g/mol. The van der Waals surface area contributed by atoms with E-state index in [1.165, 1.54) is 38.9 Å². The summed E-state index contributed by atoms with van der Waals surface area (Å²) in [6.07, 6.45) is 3.62. The van der Waals surface area contributed by atoms with E-state index in [4.69, 9.17) is 14.5 Å². The number of guanidine groups is 1. The standard InChI is InChI=1S/C18H34N4O2.HI/c1-3-19-17(20-12-18(2)13-24-14-18)21-16-4-7-22(8-5-16)10-15-6-9-23-11-15;/h15-16H,3-14H2,1-2H3,(H2,19,20,21);1H. The van der Waals surface area contributed by atoms with Crippen LogP contribution in [0.15, 0.2) is 4.99 Å². The highest BCUT2D eigenvalue weighted by Crippen LogP contribution is 2.26. The molecular formula is C18H35IN4O2. The lowest BCUT2D eigenvalue weighted by Gasteiger charge is -2.37. The first-order chi connectivity index (χ1) is 11.7. The van der Waals surface area contributed by atoms with Crippen LogP contribution in [0.2, 0.25) is 0 Å². The summed E-state index contributed by atoms with van der Waals surface area (Å²) >= 11 is 0. The Morgan fingerprint density at radius 3 is 2.52 bits per heavy atom. The highest BCUT2D eigenvalue weighted by atomic mass is 127. The molecule has 7 heteroatoms. The molecule has 146 valence electrons. The zero-order valence-electron chi connectivity index (χ0n) is 15.8. The molecule has 1 unspecified atom stereocenters. The number of ether oxygens (including phenoxy) is 2. The second kappa shape index (κ2) is 10.3. The van der Waals surface area contributed by atoms with E-state index in [0.717, 1.165) is 51.4 Å². The van der Waals surface area contributed by atoms with E-state index in [9.17, 15) is 0 Å². The SMILES string of the molecule is CCNC(=NCC1(C)COC1)NC1CCN(CC2CCOC2)CC1.I. The molecule has 0 aromatic carbocycles. The Labute approximate surface area is 169 Å². The summed E-state index contributed by atoms with van der Waals surface area (Å²) in [6.45, 7) is 13.2. The van der Waals surface area contributed by atoms with Crippen molar-refractivity contribution >= 4 is 29.9 Å². The maximum absolute atomic E-state index is 5.50. The smallest absolute Gasteiger partial charge is 0.191 e. The molecule has 3 fully saturated rings. The quantitative estimate of drug-likeness (QED) is 0.355. The van der Waals surface area contributed by atoms with Crippen molar-refractivity contribution in [2.45, 2.75) is 39.2 Å². The van der Waals surface area contributed by atoms with Crippen molar-refractivity contribution in [1.82, 2.24) is 15.5 Å². The molecule has 0 bridgehead atoms. The lowest BCUT2D eigenvalue weighted by atomic mass is 9.89. The first kappa shape index (κ1) is 21.2. The fourth-order valence-electron chi connectivity index (χ4n) is 3.68. The fraction of sp³-hybridized carbons (Fsp3) is 0.944. The normalized spacial score (nSPS) is 27.4. The van der Waals surface area contributed by atoms with E-state index in [1.54, 1.807) is 0 Å². The fourth-order valence-corrected chi connectivity index (χ4v) is 3.68. The summed E-state index contributed by atoms with van der Waals surface area (Å²) in [4.78, 5) is 7.39. The Hall–Kier alpha value is -0.120. The Balaban J connectivity index is 0.00000225. The van der Waals surface area contributed by atoms with Crippen molar-refractivity contribution in [3.8, 4) is 0 Å². The lowest BCUT2D eigenvalue weighted by molar-refractivity contribution is -0.0945. The molecular weight excluding hydrogens is 431 g/mol. The zero-order valence-corrected chi connectivity index (χ0v) is 18.1. The number of piperidine rings is 1. The van der Waals surface area contributed by atoms with E-state index in [1.807, 2.05) is 0 Å². The van der Waals surface area contributed by atoms with Gasteiger partial charge in [-0.3, -0.25) is 4.99 Å². The van der Waals surface area contributed by atoms with Crippen molar-refractivity contribution in [2.75, 3.05) is 59.2 Å². The minimum atomic E-state index is 0. The van der Waals surface area contributed by atoms with Gasteiger partial charge in [-0.05, 0) is 32.1 Å². The van der Waals surface area contributed by atoms with Gasteiger partial charge in [-0.15, -0.1) is 24.0 Å². The number of nitrogens with one attached hydrogen (secondary N) is 2. The molecule has 0 amide bonds. The number of hydrogen-bond acceptors (Lipinski definition) is 4. The van der Waals surface area contributed by atoms with Gasteiger partial charge in [-0.25, -0.2) is 0 Å². The lowest BCUT2D eigenvalue weighted by Crippen LogP contribution is -2.50. The molecule has 3 rings (SSSR count). The van der Waals surface area contributed by atoms with Crippen molar-refractivity contribution in [1.29, 1.82) is 0 Å². The molecule has 2 N–H and O–H groups in total. The van der Waals surface area contributed by atoms with Gasteiger partial charge in [0.25, 0.3) is 0 Å². The third-order valence-electron chi connectivity index (χ3n) is 5.33. The molecule has 0 aromatic rings. The predicted octanol–water partition coefficient (Wildman–Crippen LogP) is 1.70. The molecule has 3 heterocycles. The van der Waals surface area contributed by atoms with Gasteiger partial charge in [-0.2, -0.15) is 0 Å². The maximum atomic E-state index is 5.50. The molecule has 3 saturated heterocycles. The van der Waals surface area contributed by atoms with Crippen LogP contribution in [0, 0.1) is 11.3 Å². The molecule has 0 radical (unpaired) electrons. The van der Waals surface area contributed by atoms with Crippen LogP contribution in [0.1, 0.15) is 33.1 Å². The number of likely N-dealkylation sites (tertiary alicyclic amines) is 1. The molecule has 0 saturated carbocycles. The monoisotopic (exact) mass is 466 g/mol. The van der Waals surface area contributed by atoms with Gasteiger partial charge >= 0.3 is 0 Å². The Bertz CT molecular complexity index is 417. The number of aliphatic imine (C=N–C) groups is 1. The van der Waals surface area contributed by atoms with Gasteiger partial charge in [0.1, 0.15) is 0 Å². The number of hydrogen-bond donors (Lipinski definition) is 2. The van der Waals surface area contributed by atoms with Crippen LogP contribution in [0.4, 0.5) is 0 Å². The summed E-state index contributed by atoms with van der Waals surface area (Å²) < 4.78 is 10.8. The number of halogens is 1. The van der Waals surface area contributed by atoms with E-state index < -0.39 is 0 Å². The van der Waals surface area contributed by atoms with Gasteiger partial charge in [0.2, 0.25) is 0 Å². The van der Waals surface area contributed by atoms with Crippen LogP contribution < -0.4 is 10.6 Å². The first-order valence-electron chi connectivity index (χ1n) is 9.59. The van der Waals surface area contributed by atoms with Crippen molar-refractivity contribution in [2.24, 2.45) is 16.3 Å². The molecule has 25 heavy (non-hydrogen) atoms. The first-order valence-corrected chi connectivity index (χ1v) is 9.59. The van der Waals surface area contributed by atoms with Crippen LogP contribution in [0.3, 0.4) is 0 Å². The third kappa shape index (κ3) is 6.52. The summed E-state index contributed by atoms with van der Waals surface area (Å²) in [7, 11) is 0.